The first-order valence-electron chi connectivity index (χ1n) is 5.57. The van der Waals surface area contributed by atoms with Gasteiger partial charge in [-0.05, 0) is 12.1 Å². The lowest BCUT2D eigenvalue weighted by molar-refractivity contribution is -0.385. The molecule has 0 aromatic heterocycles. The first-order valence-corrected chi connectivity index (χ1v) is 5.57. The Balaban J connectivity index is 2.32. The van der Waals surface area contributed by atoms with Crippen molar-refractivity contribution in [1.29, 1.82) is 0 Å². The van der Waals surface area contributed by atoms with Crippen molar-refractivity contribution in [2.45, 2.75) is 0 Å². The van der Waals surface area contributed by atoms with Gasteiger partial charge in [0, 0.05) is 24.8 Å². The summed E-state index contributed by atoms with van der Waals surface area (Å²) >= 11 is 0. The van der Waals surface area contributed by atoms with E-state index in [-0.39, 0.29) is 5.69 Å². The smallest absolute Gasteiger partial charge is 0.278 e. The Hall–Kier alpha value is -2.15. The van der Waals surface area contributed by atoms with Gasteiger partial charge in [0.15, 0.2) is 0 Å². The van der Waals surface area contributed by atoms with Gasteiger partial charge in [-0.1, -0.05) is 0 Å². The predicted octanol–water partition coefficient (Wildman–Crippen LogP) is 0.724. The zero-order valence-electron chi connectivity index (χ0n) is 9.78. The minimum atomic E-state index is -0.444. The molecule has 1 heterocycles. The number of ether oxygens (including phenoxy) is 1. The summed E-state index contributed by atoms with van der Waals surface area (Å²) in [5.74, 6) is 5.07. The molecule has 1 aliphatic rings. The lowest BCUT2D eigenvalue weighted by Crippen LogP contribution is -2.36. The Labute approximate surface area is 104 Å². The molecule has 96 valence electrons. The number of nitro groups is 1. The summed E-state index contributed by atoms with van der Waals surface area (Å²) in [5, 5.41) is 14.2. The number of nitro benzene ring substituents is 1. The van der Waals surface area contributed by atoms with Crippen molar-refractivity contribution < 1.29 is 9.66 Å². The molecule has 0 unspecified atom stereocenters. The van der Waals surface area contributed by atoms with Crippen LogP contribution in [0.15, 0.2) is 23.3 Å². The number of hydrazone groups is 1. The number of benzene rings is 1. The molecular formula is C11H14N4O3. The van der Waals surface area contributed by atoms with Crippen LogP contribution in [0.3, 0.4) is 0 Å². The molecular weight excluding hydrogens is 236 g/mol. The molecule has 0 spiro atoms. The van der Waals surface area contributed by atoms with E-state index in [4.69, 9.17) is 10.6 Å². The molecule has 1 aromatic rings. The summed E-state index contributed by atoms with van der Waals surface area (Å²) in [6, 6.07) is 4.93. The second-order valence-electron chi connectivity index (χ2n) is 3.88. The average molecular weight is 250 g/mol. The Bertz CT molecular complexity index is 469. The maximum absolute atomic E-state index is 10.9. The van der Waals surface area contributed by atoms with Crippen LogP contribution in [-0.2, 0) is 4.74 Å². The van der Waals surface area contributed by atoms with Gasteiger partial charge in [-0.15, -0.1) is 0 Å². The molecule has 7 nitrogen and oxygen atoms in total. The first-order chi connectivity index (χ1) is 8.72. The highest BCUT2D eigenvalue weighted by Crippen LogP contribution is 2.24. The van der Waals surface area contributed by atoms with Gasteiger partial charge >= 0.3 is 0 Å². The Morgan fingerprint density at radius 1 is 1.44 bits per heavy atom. The number of hydrogen-bond donors (Lipinski definition) is 1. The molecule has 2 rings (SSSR count). The third-order valence-electron chi connectivity index (χ3n) is 2.80. The standard InChI is InChI=1S/C11H14N4O3/c12-13-8-9-7-10(1-2-11(9)15(16)17)14-3-5-18-6-4-14/h1-2,7-8H,3-6,12H2. The van der Waals surface area contributed by atoms with Crippen molar-refractivity contribution in [1.82, 2.24) is 0 Å². The van der Waals surface area contributed by atoms with Gasteiger partial charge in [-0.2, -0.15) is 5.10 Å². The minimum absolute atomic E-state index is 0.00112. The molecule has 0 bridgehead atoms. The van der Waals surface area contributed by atoms with E-state index in [1.165, 1.54) is 12.3 Å². The zero-order chi connectivity index (χ0) is 13.0. The van der Waals surface area contributed by atoms with Crippen LogP contribution >= 0.6 is 0 Å². The molecule has 0 radical (unpaired) electrons. The number of rotatable bonds is 3. The van der Waals surface area contributed by atoms with Crippen molar-refractivity contribution >= 4 is 17.6 Å². The van der Waals surface area contributed by atoms with Crippen LogP contribution in [0.4, 0.5) is 11.4 Å². The second kappa shape index (κ2) is 5.46. The highest BCUT2D eigenvalue weighted by atomic mass is 16.6. The zero-order valence-corrected chi connectivity index (χ0v) is 9.78. The summed E-state index contributed by atoms with van der Waals surface area (Å²) in [6.45, 7) is 2.88. The maximum Gasteiger partial charge on any atom is 0.278 e. The van der Waals surface area contributed by atoms with Gasteiger partial charge < -0.3 is 15.5 Å². The van der Waals surface area contributed by atoms with Gasteiger partial charge in [0.05, 0.1) is 29.9 Å². The molecule has 0 saturated carbocycles. The largest absolute Gasteiger partial charge is 0.378 e. The number of nitrogens with zero attached hydrogens (tertiary/aromatic N) is 3. The molecule has 1 fully saturated rings. The van der Waals surface area contributed by atoms with Gasteiger partial charge in [-0.3, -0.25) is 10.1 Å². The number of anilines is 1. The van der Waals surface area contributed by atoms with Crippen LogP contribution in [0.5, 0.6) is 0 Å². The molecule has 0 atom stereocenters. The average Bonchev–Trinajstić information content (AvgIpc) is 2.40. The molecule has 18 heavy (non-hydrogen) atoms. The summed E-state index contributed by atoms with van der Waals surface area (Å²) in [7, 11) is 0. The summed E-state index contributed by atoms with van der Waals surface area (Å²) in [6.07, 6.45) is 1.29. The van der Waals surface area contributed by atoms with E-state index in [2.05, 4.69) is 10.0 Å². The fraction of sp³-hybridized carbons (Fsp3) is 0.364. The topological polar surface area (TPSA) is 94.0 Å². The molecule has 1 aromatic carbocycles. The van der Waals surface area contributed by atoms with Crippen LogP contribution < -0.4 is 10.7 Å². The minimum Gasteiger partial charge on any atom is -0.378 e. The van der Waals surface area contributed by atoms with Crippen molar-refractivity contribution in [2.75, 3.05) is 31.2 Å². The summed E-state index contributed by atoms with van der Waals surface area (Å²) in [4.78, 5) is 12.5. The van der Waals surface area contributed by atoms with Crippen LogP contribution in [0.2, 0.25) is 0 Å². The van der Waals surface area contributed by atoms with Crippen LogP contribution in [-0.4, -0.2) is 37.4 Å². The van der Waals surface area contributed by atoms with Crippen molar-refractivity contribution in [3.63, 3.8) is 0 Å². The highest BCUT2D eigenvalue weighted by Gasteiger charge is 2.16. The third-order valence-corrected chi connectivity index (χ3v) is 2.80. The lowest BCUT2D eigenvalue weighted by atomic mass is 10.1. The van der Waals surface area contributed by atoms with E-state index in [1.807, 2.05) is 0 Å². The molecule has 2 N–H and O–H groups in total. The molecule has 7 heteroatoms. The Morgan fingerprint density at radius 3 is 2.78 bits per heavy atom. The molecule has 1 aliphatic heterocycles. The molecule has 1 saturated heterocycles. The van der Waals surface area contributed by atoms with Crippen molar-refractivity contribution in [3.05, 3.63) is 33.9 Å². The first kappa shape index (κ1) is 12.3. The number of morpholine rings is 1. The van der Waals surface area contributed by atoms with E-state index in [9.17, 15) is 10.1 Å². The van der Waals surface area contributed by atoms with E-state index in [0.717, 1.165) is 18.8 Å². The normalized spacial score (nSPS) is 16.1. The molecule has 0 aliphatic carbocycles. The van der Waals surface area contributed by atoms with E-state index < -0.39 is 4.92 Å². The monoisotopic (exact) mass is 250 g/mol. The van der Waals surface area contributed by atoms with Crippen molar-refractivity contribution in [2.24, 2.45) is 10.9 Å². The van der Waals surface area contributed by atoms with Gasteiger partial charge in [0.25, 0.3) is 5.69 Å². The van der Waals surface area contributed by atoms with Gasteiger partial charge in [-0.25, -0.2) is 0 Å². The SMILES string of the molecule is NN=Cc1cc(N2CCOCC2)ccc1[N+](=O)[O-]. The lowest BCUT2D eigenvalue weighted by Gasteiger charge is -2.28. The molecule has 0 amide bonds. The fourth-order valence-corrected chi connectivity index (χ4v) is 1.91. The maximum atomic E-state index is 10.9. The van der Waals surface area contributed by atoms with Crippen LogP contribution in [0.25, 0.3) is 0 Å². The van der Waals surface area contributed by atoms with Crippen molar-refractivity contribution in [3.8, 4) is 0 Å². The fourth-order valence-electron chi connectivity index (χ4n) is 1.91. The predicted molar refractivity (Wildman–Crippen MR) is 67.9 cm³/mol. The Kier molecular flexibility index (Phi) is 3.73. The second-order valence-corrected chi connectivity index (χ2v) is 3.88. The number of nitrogens with two attached hydrogens (primary N) is 1. The summed E-state index contributed by atoms with van der Waals surface area (Å²) in [5.41, 5.74) is 1.33. The number of hydrogen-bond acceptors (Lipinski definition) is 6. The summed E-state index contributed by atoms with van der Waals surface area (Å²) < 4.78 is 5.26. The van der Waals surface area contributed by atoms with Gasteiger partial charge in [0.1, 0.15) is 0 Å². The van der Waals surface area contributed by atoms with E-state index >= 15 is 0 Å². The quantitative estimate of drug-likeness (QED) is 0.369. The Morgan fingerprint density at radius 2 is 2.17 bits per heavy atom. The van der Waals surface area contributed by atoms with Gasteiger partial charge in [0.2, 0.25) is 0 Å². The highest BCUT2D eigenvalue weighted by molar-refractivity contribution is 5.87. The third kappa shape index (κ3) is 2.57. The van der Waals surface area contributed by atoms with Crippen LogP contribution in [0, 0.1) is 10.1 Å². The van der Waals surface area contributed by atoms with E-state index in [0.29, 0.717) is 18.8 Å². The van der Waals surface area contributed by atoms with E-state index in [1.54, 1.807) is 12.1 Å². The van der Waals surface area contributed by atoms with Crippen LogP contribution in [0.1, 0.15) is 5.56 Å².